The van der Waals surface area contributed by atoms with Gasteiger partial charge in [-0.1, -0.05) is 26.8 Å². The van der Waals surface area contributed by atoms with Crippen molar-refractivity contribution in [1.29, 1.82) is 0 Å². The Morgan fingerprint density at radius 1 is 1.08 bits per heavy atom. The Hall–Kier alpha value is -1.45. The van der Waals surface area contributed by atoms with Gasteiger partial charge in [-0.15, -0.1) is 11.8 Å². The van der Waals surface area contributed by atoms with Gasteiger partial charge in [0.05, 0.1) is 5.56 Å². The van der Waals surface area contributed by atoms with Crippen molar-refractivity contribution in [3.63, 3.8) is 0 Å². The Kier molecular flexibility index (Phi) is 6.65. The molecule has 1 aromatic carbocycles. The zero-order valence-electron chi connectivity index (χ0n) is 14.1. The molecule has 0 fully saturated rings. The molecule has 0 saturated carbocycles. The van der Waals surface area contributed by atoms with Gasteiger partial charge in [-0.05, 0) is 24.5 Å². The number of hydrogen-bond acceptors (Lipinski definition) is 2. The van der Waals surface area contributed by atoms with Crippen molar-refractivity contribution in [2.75, 3.05) is 0 Å². The van der Waals surface area contributed by atoms with Gasteiger partial charge >= 0.3 is 24.0 Å². The van der Waals surface area contributed by atoms with Gasteiger partial charge in [0.25, 0.3) is 0 Å². The van der Waals surface area contributed by atoms with Gasteiger partial charge in [0.15, 0.2) is 0 Å². The number of carbonyl (C=O) groups is 1. The summed E-state index contributed by atoms with van der Waals surface area (Å²) in [6.45, 7) is 4.58. The van der Waals surface area contributed by atoms with Crippen LogP contribution in [0.3, 0.4) is 0 Å². The Balaban J connectivity index is 3.92. The number of thioether (sulfide) groups is 1. The van der Waals surface area contributed by atoms with Gasteiger partial charge in [0.1, 0.15) is 0 Å². The monoisotopic (exact) mass is 406 g/mol. The summed E-state index contributed by atoms with van der Waals surface area (Å²) in [5.41, 5.74) is -7.93. The molecule has 2 nitrogen and oxygen atoms in total. The molecule has 0 saturated heterocycles. The van der Waals surface area contributed by atoms with Crippen molar-refractivity contribution in [1.82, 2.24) is 0 Å². The van der Waals surface area contributed by atoms with Crippen molar-refractivity contribution < 1.29 is 40.6 Å². The van der Waals surface area contributed by atoms with E-state index < -0.39 is 45.3 Å². The van der Waals surface area contributed by atoms with Crippen LogP contribution in [0.4, 0.5) is 30.7 Å². The first kappa shape index (κ1) is 22.6. The van der Waals surface area contributed by atoms with E-state index in [1.807, 2.05) is 0 Å². The highest BCUT2D eigenvalue weighted by Crippen LogP contribution is 2.56. The lowest BCUT2D eigenvalue weighted by molar-refractivity contribution is -0.349. The molecule has 148 valence electrons. The van der Waals surface area contributed by atoms with Crippen LogP contribution in [0.5, 0.6) is 0 Å². The van der Waals surface area contributed by atoms with Gasteiger partial charge in [0.2, 0.25) is 0 Å². The number of carboxylic acids is 1. The summed E-state index contributed by atoms with van der Waals surface area (Å²) < 4.78 is 93.5. The van der Waals surface area contributed by atoms with Crippen LogP contribution in [0.25, 0.3) is 0 Å². The van der Waals surface area contributed by atoms with Gasteiger partial charge in [-0.3, -0.25) is 0 Å². The highest BCUT2D eigenvalue weighted by Gasteiger charge is 2.74. The maximum atomic E-state index is 14.6. The molecule has 0 amide bonds. The Bertz CT molecular complexity index is 654. The third-order valence-electron chi connectivity index (χ3n) is 3.89. The zero-order chi connectivity index (χ0) is 20.5. The van der Waals surface area contributed by atoms with Crippen LogP contribution >= 0.6 is 11.8 Å². The molecule has 0 heterocycles. The average molecular weight is 406 g/mol. The molecule has 1 rings (SSSR count). The van der Waals surface area contributed by atoms with Crippen molar-refractivity contribution in [2.24, 2.45) is 0 Å². The van der Waals surface area contributed by atoms with Crippen molar-refractivity contribution in [2.45, 2.75) is 61.8 Å². The quantitative estimate of drug-likeness (QED) is 0.456. The molecule has 1 atom stereocenters. The molecule has 26 heavy (non-hydrogen) atoms. The fourth-order valence-corrected chi connectivity index (χ4v) is 3.64. The minimum absolute atomic E-state index is 0.167. The molecule has 1 N–H and O–H groups in total. The maximum absolute atomic E-state index is 14.6. The highest BCUT2D eigenvalue weighted by atomic mass is 32.2. The molecule has 0 unspecified atom stereocenters. The van der Waals surface area contributed by atoms with Crippen molar-refractivity contribution >= 4 is 17.7 Å². The van der Waals surface area contributed by atoms with E-state index in [2.05, 4.69) is 0 Å². The van der Waals surface area contributed by atoms with E-state index in [0.29, 0.717) is 24.2 Å². The van der Waals surface area contributed by atoms with Crippen molar-refractivity contribution in [3.8, 4) is 0 Å². The zero-order valence-corrected chi connectivity index (χ0v) is 14.9. The van der Waals surface area contributed by atoms with E-state index in [1.165, 1.54) is 6.92 Å². The third-order valence-corrected chi connectivity index (χ3v) is 5.33. The van der Waals surface area contributed by atoms with Crippen LogP contribution in [0.1, 0.15) is 48.7 Å². The first-order valence-corrected chi connectivity index (χ1v) is 8.48. The van der Waals surface area contributed by atoms with Crippen molar-refractivity contribution in [3.05, 3.63) is 28.8 Å². The average Bonchev–Trinajstić information content (AvgIpc) is 2.50. The van der Waals surface area contributed by atoms with Crippen LogP contribution in [0, 0.1) is 0 Å². The van der Waals surface area contributed by atoms with E-state index >= 15 is 0 Å². The molecule has 0 aliphatic carbocycles. The first-order valence-electron chi connectivity index (χ1n) is 7.60. The van der Waals surface area contributed by atoms with Gasteiger partial charge in [-0.25, -0.2) is 9.18 Å². The molecular weight excluding hydrogens is 389 g/mol. The van der Waals surface area contributed by atoms with Gasteiger partial charge < -0.3 is 5.11 Å². The van der Waals surface area contributed by atoms with E-state index in [0.717, 1.165) is 0 Å². The number of carboxylic acid groups (broad SMARTS) is 1. The lowest BCUT2D eigenvalue weighted by Gasteiger charge is -2.33. The normalized spacial score (nSPS) is 14.4. The summed E-state index contributed by atoms with van der Waals surface area (Å²) in [6.07, 6.45) is -12.3. The lowest BCUT2D eigenvalue weighted by Crippen LogP contribution is -2.50. The fourth-order valence-electron chi connectivity index (χ4n) is 2.34. The van der Waals surface area contributed by atoms with Crippen LogP contribution in [0.15, 0.2) is 17.0 Å². The summed E-state index contributed by atoms with van der Waals surface area (Å²) in [5.74, 6) is -1.51. The second kappa shape index (κ2) is 7.66. The number of halogens is 7. The topological polar surface area (TPSA) is 37.3 Å². The predicted molar refractivity (Wildman–Crippen MR) is 83.3 cm³/mol. The summed E-state index contributed by atoms with van der Waals surface area (Å²) in [7, 11) is 0. The van der Waals surface area contributed by atoms with Gasteiger partial charge in [-0.2, -0.15) is 26.3 Å². The second-order valence-corrected chi connectivity index (χ2v) is 7.07. The second-order valence-electron chi connectivity index (χ2n) is 5.62. The van der Waals surface area contributed by atoms with E-state index in [-0.39, 0.29) is 18.1 Å². The summed E-state index contributed by atoms with van der Waals surface area (Å²) in [5, 5.41) is 8.73. The van der Waals surface area contributed by atoms with E-state index in [1.54, 1.807) is 13.8 Å². The summed E-state index contributed by atoms with van der Waals surface area (Å²) in [4.78, 5) is 10.7. The van der Waals surface area contributed by atoms with Crippen LogP contribution in [-0.2, 0) is 12.1 Å². The molecule has 0 aliphatic rings. The molecule has 1 aromatic rings. The molecular formula is C16H17F7O2S. The lowest BCUT2D eigenvalue weighted by atomic mass is 9.90. The van der Waals surface area contributed by atoms with Crippen LogP contribution < -0.4 is 0 Å². The summed E-state index contributed by atoms with van der Waals surface area (Å²) >= 11 is 0.609. The molecule has 0 aliphatic heterocycles. The van der Waals surface area contributed by atoms with Gasteiger partial charge in [0, 0.05) is 15.7 Å². The minimum atomic E-state index is -6.26. The smallest absolute Gasteiger partial charge is 0.435 e. The number of benzene rings is 1. The summed E-state index contributed by atoms with van der Waals surface area (Å²) in [6, 6.07) is 0.858. The number of aromatic carboxylic acids is 1. The predicted octanol–water partition coefficient (Wildman–Crippen LogP) is 6.13. The SMILES string of the molecule is CCc1c(C(=O)O)ccc(C(F)(C(F)(F)F)C(F)(F)F)c1S[C@@H](C)CC. The Labute approximate surface area is 149 Å². The molecule has 0 spiro atoms. The molecule has 0 radical (unpaired) electrons. The first-order chi connectivity index (χ1) is 11.7. The highest BCUT2D eigenvalue weighted by molar-refractivity contribution is 8.00. The number of alkyl halides is 7. The van der Waals surface area contributed by atoms with E-state index in [4.69, 9.17) is 0 Å². The third kappa shape index (κ3) is 3.94. The standard InChI is InChI=1S/C16H17F7O2S/c1-4-8(3)26-12-9(5-2)10(13(24)25)6-7-11(12)14(17,15(18,19)20)16(21,22)23/h6-8H,4-5H2,1-3H3,(H,24,25)/t8-/m0/s1. The maximum Gasteiger partial charge on any atom is 0.435 e. The van der Waals surface area contributed by atoms with E-state index in [9.17, 15) is 40.6 Å². The largest absolute Gasteiger partial charge is 0.478 e. The number of rotatable bonds is 6. The molecule has 10 heteroatoms. The van der Waals surface area contributed by atoms with Crippen LogP contribution in [-0.4, -0.2) is 28.7 Å². The van der Waals surface area contributed by atoms with Crippen LogP contribution in [0.2, 0.25) is 0 Å². The Morgan fingerprint density at radius 3 is 1.92 bits per heavy atom. The molecule has 0 aromatic heterocycles. The fraction of sp³-hybridized carbons (Fsp3) is 0.562. The molecule has 0 bridgehead atoms. The number of hydrogen-bond donors (Lipinski definition) is 1. The Morgan fingerprint density at radius 2 is 1.58 bits per heavy atom. The minimum Gasteiger partial charge on any atom is -0.478 e.